The first kappa shape index (κ1) is 10.7. The van der Waals surface area contributed by atoms with E-state index < -0.39 is 17.2 Å². The summed E-state index contributed by atoms with van der Waals surface area (Å²) < 4.78 is 0. The second kappa shape index (κ2) is 3.40. The van der Waals surface area contributed by atoms with Crippen molar-refractivity contribution < 1.29 is 19.5 Å². The van der Waals surface area contributed by atoms with Crippen LogP contribution in [0.4, 0.5) is 0 Å². The molecule has 1 fully saturated rings. The number of amides is 1. The number of carbonyl (C=O) groups is 3. The van der Waals surface area contributed by atoms with Crippen LogP contribution in [0.25, 0.3) is 0 Å². The molecule has 0 aromatic heterocycles. The highest BCUT2D eigenvalue weighted by atomic mass is 16.4. The molecular weight excluding hydrogens is 186 g/mol. The monoisotopic (exact) mass is 199 g/mol. The maximum atomic E-state index is 11.6. The van der Waals surface area contributed by atoms with E-state index in [0.29, 0.717) is 13.0 Å². The third-order valence-electron chi connectivity index (χ3n) is 2.86. The molecule has 1 N–H and O–H groups in total. The van der Waals surface area contributed by atoms with Crippen LogP contribution < -0.4 is 0 Å². The topological polar surface area (TPSA) is 74.7 Å². The van der Waals surface area contributed by atoms with Gasteiger partial charge in [-0.15, -0.1) is 0 Å². The van der Waals surface area contributed by atoms with E-state index in [9.17, 15) is 14.4 Å². The molecule has 5 heteroatoms. The number of ketones is 1. The van der Waals surface area contributed by atoms with Crippen molar-refractivity contribution in [3.63, 3.8) is 0 Å². The zero-order valence-electron chi connectivity index (χ0n) is 8.24. The van der Waals surface area contributed by atoms with Crippen LogP contribution in [0.5, 0.6) is 0 Å². The van der Waals surface area contributed by atoms with Gasteiger partial charge in [0.1, 0.15) is 5.41 Å². The van der Waals surface area contributed by atoms with Crippen molar-refractivity contribution in [3.05, 3.63) is 0 Å². The van der Waals surface area contributed by atoms with Gasteiger partial charge in [-0.2, -0.15) is 0 Å². The minimum Gasteiger partial charge on any atom is -0.475 e. The van der Waals surface area contributed by atoms with Crippen LogP contribution in [-0.2, 0) is 14.4 Å². The van der Waals surface area contributed by atoms with Gasteiger partial charge in [-0.3, -0.25) is 9.59 Å². The number of likely N-dealkylation sites (tertiary alicyclic amines) is 1. The average molecular weight is 199 g/mol. The molecule has 78 valence electrons. The Morgan fingerprint density at radius 2 is 2.14 bits per heavy atom. The molecule has 0 spiro atoms. The van der Waals surface area contributed by atoms with Gasteiger partial charge in [0.05, 0.1) is 0 Å². The molecule has 1 aliphatic rings. The van der Waals surface area contributed by atoms with E-state index in [4.69, 9.17) is 5.11 Å². The molecule has 0 bridgehead atoms. The Balaban J connectivity index is 3.05. The maximum Gasteiger partial charge on any atom is 0.373 e. The molecule has 1 rings (SSSR count). The van der Waals surface area contributed by atoms with E-state index in [0.717, 1.165) is 0 Å². The van der Waals surface area contributed by atoms with Gasteiger partial charge in [-0.05, 0) is 12.8 Å². The molecule has 0 aromatic rings. The fraction of sp³-hybridized carbons (Fsp3) is 0.667. The lowest BCUT2D eigenvalue weighted by molar-refractivity contribution is -0.158. The molecule has 0 saturated carbocycles. The molecule has 0 aliphatic carbocycles. The van der Waals surface area contributed by atoms with Crippen molar-refractivity contribution in [2.24, 2.45) is 5.41 Å². The zero-order chi connectivity index (χ0) is 10.9. The van der Waals surface area contributed by atoms with Gasteiger partial charge in [0, 0.05) is 13.6 Å². The third kappa shape index (κ3) is 1.29. The van der Waals surface area contributed by atoms with Gasteiger partial charge in [0.15, 0.2) is 0 Å². The average Bonchev–Trinajstić information content (AvgIpc) is 2.44. The van der Waals surface area contributed by atoms with E-state index in [-0.39, 0.29) is 12.3 Å². The van der Waals surface area contributed by atoms with Gasteiger partial charge in [-0.1, -0.05) is 6.92 Å². The minimum absolute atomic E-state index is 0.251. The molecule has 1 atom stereocenters. The molecule has 14 heavy (non-hydrogen) atoms. The molecule has 1 aliphatic heterocycles. The largest absolute Gasteiger partial charge is 0.475 e. The Hall–Kier alpha value is -1.39. The molecule has 1 unspecified atom stereocenters. The molecule has 1 saturated heterocycles. The summed E-state index contributed by atoms with van der Waals surface area (Å²) in [4.78, 5) is 35.0. The third-order valence-corrected chi connectivity index (χ3v) is 2.86. The predicted octanol–water partition coefficient (Wildman–Crippen LogP) is -0.101. The highest BCUT2D eigenvalue weighted by Crippen LogP contribution is 2.35. The lowest BCUT2D eigenvalue weighted by Gasteiger charge is -2.21. The highest BCUT2D eigenvalue weighted by Gasteiger charge is 2.52. The summed E-state index contributed by atoms with van der Waals surface area (Å²) >= 11 is 0. The summed E-state index contributed by atoms with van der Waals surface area (Å²) in [6.07, 6.45) is 0.561. The molecule has 0 aromatic carbocycles. The van der Waals surface area contributed by atoms with Crippen LogP contribution in [0, 0.1) is 5.41 Å². The van der Waals surface area contributed by atoms with Gasteiger partial charge >= 0.3 is 5.97 Å². The summed E-state index contributed by atoms with van der Waals surface area (Å²) in [6, 6.07) is 0. The first-order chi connectivity index (χ1) is 6.45. The zero-order valence-corrected chi connectivity index (χ0v) is 8.24. The summed E-state index contributed by atoms with van der Waals surface area (Å²) in [7, 11) is 1.58. The summed E-state index contributed by atoms with van der Waals surface area (Å²) in [5, 5.41) is 8.62. The van der Waals surface area contributed by atoms with E-state index >= 15 is 0 Å². The fourth-order valence-electron chi connectivity index (χ4n) is 1.84. The lowest BCUT2D eigenvalue weighted by atomic mass is 9.79. The number of hydrogen-bond acceptors (Lipinski definition) is 3. The smallest absolute Gasteiger partial charge is 0.373 e. The molecule has 5 nitrogen and oxygen atoms in total. The van der Waals surface area contributed by atoms with E-state index in [1.807, 2.05) is 0 Å². The molecule has 1 amide bonds. The number of carboxylic acids is 1. The van der Waals surface area contributed by atoms with Crippen LogP contribution in [0.1, 0.15) is 19.8 Å². The fourth-order valence-corrected chi connectivity index (χ4v) is 1.84. The Bertz CT molecular complexity index is 299. The van der Waals surface area contributed by atoms with E-state index in [2.05, 4.69) is 0 Å². The van der Waals surface area contributed by atoms with Gasteiger partial charge < -0.3 is 10.0 Å². The van der Waals surface area contributed by atoms with Crippen LogP contribution >= 0.6 is 0 Å². The molecular formula is C9H13NO4. The number of nitrogens with zero attached hydrogens (tertiary/aromatic N) is 1. The van der Waals surface area contributed by atoms with Crippen molar-refractivity contribution in [2.45, 2.75) is 19.8 Å². The number of carboxylic acid groups (broad SMARTS) is 1. The Morgan fingerprint density at radius 3 is 2.43 bits per heavy atom. The van der Waals surface area contributed by atoms with Crippen LogP contribution in [0.2, 0.25) is 0 Å². The van der Waals surface area contributed by atoms with Crippen LogP contribution in [0.3, 0.4) is 0 Å². The summed E-state index contributed by atoms with van der Waals surface area (Å²) in [5.74, 6) is -2.86. The first-order valence-electron chi connectivity index (χ1n) is 4.49. The van der Waals surface area contributed by atoms with E-state index in [1.54, 1.807) is 14.0 Å². The van der Waals surface area contributed by atoms with Gasteiger partial charge in [0.2, 0.25) is 5.91 Å². The number of carbonyl (C=O) groups excluding carboxylic acids is 2. The Labute approximate surface area is 81.7 Å². The van der Waals surface area contributed by atoms with Crippen molar-refractivity contribution in [2.75, 3.05) is 13.6 Å². The van der Waals surface area contributed by atoms with Gasteiger partial charge in [0.25, 0.3) is 5.78 Å². The highest BCUT2D eigenvalue weighted by molar-refractivity contribution is 6.39. The van der Waals surface area contributed by atoms with Crippen molar-refractivity contribution in [1.82, 2.24) is 4.90 Å². The minimum atomic E-state index is -1.52. The SMILES string of the molecule is CCC1(C(=O)C(=O)O)CCN(C)C1=O. The number of aliphatic carboxylic acids is 1. The Kier molecular flexibility index (Phi) is 2.59. The molecule has 0 radical (unpaired) electrons. The van der Waals surface area contributed by atoms with Crippen LogP contribution in [0.15, 0.2) is 0 Å². The second-order valence-electron chi connectivity index (χ2n) is 3.55. The standard InChI is InChI=1S/C9H13NO4/c1-3-9(6(11)7(12)13)4-5-10(2)8(9)14/h3-5H2,1-2H3,(H,12,13). The number of rotatable bonds is 3. The lowest BCUT2D eigenvalue weighted by Crippen LogP contribution is -2.42. The molecule has 1 heterocycles. The second-order valence-corrected chi connectivity index (χ2v) is 3.55. The van der Waals surface area contributed by atoms with Gasteiger partial charge in [-0.25, -0.2) is 4.79 Å². The van der Waals surface area contributed by atoms with Crippen LogP contribution in [-0.4, -0.2) is 41.3 Å². The number of Topliss-reactive ketones (excluding diaryl/α,β-unsaturated/α-hetero) is 1. The van der Waals surface area contributed by atoms with E-state index in [1.165, 1.54) is 4.90 Å². The van der Waals surface area contributed by atoms with Crippen molar-refractivity contribution in [1.29, 1.82) is 0 Å². The Morgan fingerprint density at radius 1 is 1.57 bits per heavy atom. The van der Waals surface area contributed by atoms with Crippen molar-refractivity contribution in [3.8, 4) is 0 Å². The summed E-state index contributed by atoms with van der Waals surface area (Å²) in [5.41, 5.74) is -1.30. The van der Waals surface area contributed by atoms with Crippen molar-refractivity contribution >= 4 is 17.7 Å². The first-order valence-corrected chi connectivity index (χ1v) is 4.49. The maximum absolute atomic E-state index is 11.6. The predicted molar refractivity (Wildman–Crippen MR) is 47.6 cm³/mol. The number of hydrogen-bond donors (Lipinski definition) is 1. The summed E-state index contributed by atoms with van der Waals surface area (Å²) in [6.45, 7) is 2.11. The normalized spacial score (nSPS) is 26.7. The quantitative estimate of drug-likeness (QED) is 0.508.